The van der Waals surface area contributed by atoms with E-state index in [0.29, 0.717) is 30.3 Å². The number of halogens is 1. The van der Waals surface area contributed by atoms with Gasteiger partial charge in [-0.1, -0.05) is 11.2 Å². The quantitative estimate of drug-likeness (QED) is 0.490. The van der Waals surface area contributed by atoms with Crippen molar-refractivity contribution >= 4 is 22.1 Å². The third-order valence-electron chi connectivity index (χ3n) is 2.64. The van der Waals surface area contributed by atoms with Crippen LogP contribution in [0.1, 0.15) is 18.1 Å². The van der Waals surface area contributed by atoms with Crippen LogP contribution in [0.2, 0.25) is 0 Å². The van der Waals surface area contributed by atoms with E-state index in [2.05, 4.69) is 26.1 Å². The lowest BCUT2D eigenvalue weighted by Crippen LogP contribution is -2.01. The van der Waals surface area contributed by atoms with E-state index in [-0.39, 0.29) is 0 Å². The van der Waals surface area contributed by atoms with Gasteiger partial charge in [-0.05, 0) is 41.1 Å². The minimum absolute atomic E-state index is 0.389. The molecule has 0 aliphatic carbocycles. The fraction of sp³-hybridized carbons (Fsp3) is 0.200. The van der Waals surface area contributed by atoms with Crippen LogP contribution in [0.5, 0.6) is 11.5 Å². The van der Waals surface area contributed by atoms with Crippen LogP contribution in [0.4, 0.5) is 0 Å². The molecule has 0 fully saturated rings. The molecule has 0 saturated carbocycles. The summed E-state index contributed by atoms with van der Waals surface area (Å²) >= 11 is 3.45. The third-order valence-corrected chi connectivity index (χ3v) is 3.23. The molecule has 0 unspecified atom stereocenters. The van der Waals surface area contributed by atoms with Gasteiger partial charge in [-0.15, -0.1) is 0 Å². The Hall–Kier alpha value is -2.08. The highest BCUT2D eigenvalue weighted by atomic mass is 79.9. The monoisotopic (exact) mass is 350 g/mol. The number of nitrogens with zero attached hydrogens (tertiary/aromatic N) is 2. The lowest BCUT2D eigenvalue weighted by Gasteiger charge is -2.14. The second-order valence-electron chi connectivity index (χ2n) is 4.16. The summed E-state index contributed by atoms with van der Waals surface area (Å²) in [4.78, 5) is 4.05. The molecule has 21 heavy (non-hydrogen) atoms. The third kappa shape index (κ3) is 4.19. The van der Waals surface area contributed by atoms with E-state index in [1.807, 2.05) is 19.1 Å². The zero-order valence-corrected chi connectivity index (χ0v) is 13.1. The van der Waals surface area contributed by atoms with Gasteiger partial charge in [0, 0.05) is 23.5 Å². The van der Waals surface area contributed by atoms with Crippen molar-refractivity contribution in [1.82, 2.24) is 4.98 Å². The second kappa shape index (κ2) is 7.64. The summed E-state index contributed by atoms with van der Waals surface area (Å²) in [6.45, 7) is 2.79. The average molecular weight is 351 g/mol. The molecular formula is C15H15BrN2O3. The van der Waals surface area contributed by atoms with Gasteiger partial charge in [0.2, 0.25) is 0 Å². The Morgan fingerprint density at radius 3 is 2.90 bits per heavy atom. The van der Waals surface area contributed by atoms with Gasteiger partial charge in [-0.25, -0.2) is 0 Å². The van der Waals surface area contributed by atoms with Crippen LogP contribution in [0, 0.1) is 0 Å². The Balaban J connectivity index is 2.24. The molecule has 0 atom stereocenters. The normalized spacial score (nSPS) is 10.8. The fourth-order valence-corrected chi connectivity index (χ4v) is 2.35. The molecule has 0 saturated heterocycles. The predicted molar refractivity (Wildman–Crippen MR) is 83.3 cm³/mol. The van der Waals surface area contributed by atoms with Crippen LogP contribution >= 0.6 is 15.9 Å². The van der Waals surface area contributed by atoms with Gasteiger partial charge < -0.3 is 14.7 Å². The van der Waals surface area contributed by atoms with E-state index in [1.54, 1.807) is 24.5 Å². The van der Waals surface area contributed by atoms with Gasteiger partial charge in [0.15, 0.2) is 11.5 Å². The van der Waals surface area contributed by atoms with Gasteiger partial charge in [0.25, 0.3) is 0 Å². The molecule has 0 aliphatic heterocycles. The summed E-state index contributed by atoms with van der Waals surface area (Å²) in [6.07, 6.45) is 4.80. The number of pyridine rings is 1. The van der Waals surface area contributed by atoms with Gasteiger partial charge in [0.05, 0.1) is 17.3 Å². The van der Waals surface area contributed by atoms with E-state index >= 15 is 0 Å². The lowest BCUT2D eigenvalue weighted by atomic mass is 10.2. The molecule has 0 bridgehead atoms. The first-order chi connectivity index (χ1) is 10.2. The summed E-state index contributed by atoms with van der Waals surface area (Å²) in [7, 11) is 0. The minimum Gasteiger partial charge on any atom is -0.490 e. The largest absolute Gasteiger partial charge is 0.490 e. The number of ether oxygens (including phenoxy) is 2. The van der Waals surface area contributed by atoms with Crippen molar-refractivity contribution in [2.75, 3.05) is 6.61 Å². The van der Waals surface area contributed by atoms with Crippen LogP contribution in [0.3, 0.4) is 0 Å². The van der Waals surface area contributed by atoms with Gasteiger partial charge in [-0.3, -0.25) is 4.98 Å². The Bertz CT molecular complexity index is 618. The van der Waals surface area contributed by atoms with Crippen molar-refractivity contribution in [3.63, 3.8) is 0 Å². The zero-order valence-electron chi connectivity index (χ0n) is 11.5. The average Bonchev–Trinajstić information content (AvgIpc) is 2.48. The van der Waals surface area contributed by atoms with Crippen LogP contribution in [0.25, 0.3) is 0 Å². The molecule has 6 heteroatoms. The van der Waals surface area contributed by atoms with Gasteiger partial charge in [-0.2, -0.15) is 0 Å². The van der Waals surface area contributed by atoms with Crippen molar-refractivity contribution in [2.45, 2.75) is 13.5 Å². The van der Waals surface area contributed by atoms with Crippen molar-refractivity contribution in [2.24, 2.45) is 5.16 Å². The first-order valence-corrected chi connectivity index (χ1v) is 7.19. The summed E-state index contributed by atoms with van der Waals surface area (Å²) in [5.74, 6) is 1.20. The number of hydrogen-bond acceptors (Lipinski definition) is 5. The van der Waals surface area contributed by atoms with E-state index in [1.165, 1.54) is 6.21 Å². The number of hydrogen-bond donors (Lipinski definition) is 1. The Morgan fingerprint density at radius 1 is 1.38 bits per heavy atom. The molecule has 0 radical (unpaired) electrons. The van der Waals surface area contributed by atoms with Crippen molar-refractivity contribution in [3.05, 3.63) is 52.3 Å². The summed E-state index contributed by atoms with van der Waals surface area (Å²) in [5, 5.41) is 11.6. The smallest absolute Gasteiger partial charge is 0.175 e. The van der Waals surface area contributed by atoms with Gasteiger partial charge >= 0.3 is 0 Å². The molecule has 0 amide bonds. The highest BCUT2D eigenvalue weighted by Gasteiger charge is 2.12. The minimum atomic E-state index is 0.389. The van der Waals surface area contributed by atoms with Crippen LogP contribution in [-0.4, -0.2) is 23.0 Å². The van der Waals surface area contributed by atoms with E-state index in [0.717, 1.165) is 10.0 Å². The van der Waals surface area contributed by atoms with E-state index in [9.17, 15) is 0 Å². The molecule has 0 aliphatic rings. The Kier molecular flexibility index (Phi) is 5.57. The maximum atomic E-state index is 8.63. The summed E-state index contributed by atoms with van der Waals surface area (Å²) in [6, 6.07) is 7.35. The molecule has 1 aromatic heterocycles. The molecular weight excluding hydrogens is 336 g/mol. The Labute approximate surface area is 131 Å². The molecule has 110 valence electrons. The van der Waals surface area contributed by atoms with E-state index in [4.69, 9.17) is 14.7 Å². The van der Waals surface area contributed by atoms with Gasteiger partial charge in [0.1, 0.15) is 6.61 Å². The maximum absolute atomic E-state index is 8.63. The maximum Gasteiger partial charge on any atom is 0.175 e. The topological polar surface area (TPSA) is 63.9 Å². The molecule has 1 heterocycles. The molecule has 0 spiro atoms. The van der Waals surface area contributed by atoms with Crippen molar-refractivity contribution < 1.29 is 14.7 Å². The summed E-state index contributed by atoms with van der Waals surface area (Å²) in [5.41, 5.74) is 1.68. The number of benzene rings is 1. The van der Waals surface area contributed by atoms with Crippen molar-refractivity contribution in [1.29, 1.82) is 0 Å². The first-order valence-electron chi connectivity index (χ1n) is 6.40. The van der Waals surface area contributed by atoms with Crippen LogP contribution in [-0.2, 0) is 6.61 Å². The lowest BCUT2D eigenvalue weighted by molar-refractivity contribution is 0.267. The predicted octanol–water partition coefficient (Wildman–Crippen LogP) is 3.63. The first kappa shape index (κ1) is 15.3. The summed E-state index contributed by atoms with van der Waals surface area (Å²) < 4.78 is 12.1. The second-order valence-corrected chi connectivity index (χ2v) is 5.01. The van der Waals surface area contributed by atoms with Crippen LogP contribution < -0.4 is 9.47 Å². The molecule has 5 nitrogen and oxygen atoms in total. The Morgan fingerprint density at radius 2 is 2.24 bits per heavy atom. The van der Waals surface area contributed by atoms with E-state index < -0.39 is 0 Å². The standard InChI is InChI=1S/C15H15BrN2O3/c1-2-20-14-7-12(9-18-19)6-13(16)15(14)21-10-11-4-3-5-17-8-11/h3-9,19H,2,10H2,1H3/b18-9+. The zero-order chi connectivity index (χ0) is 15.1. The molecule has 1 N–H and O–H groups in total. The number of rotatable bonds is 6. The molecule has 1 aromatic carbocycles. The highest BCUT2D eigenvalue weighted by Crippen LogP contribution is 2.37. The van der Waals surface area contributed by atoms with Crippen molar-refractivity contribution in [3.8, 4) is 11.5 Å². The fourth-order valence-electron chi connectivity index (χ4n) is 1.77. The molecule has 2 rings (SSSR count). The van der Waals surface area contributed by atoms with Crippen LogP contribution in [0.15, 0.2) is 46.3 Å². The molecule has 2 aromatic rings. The SMILES string of the molecule is CCOc1cc(/C=N/O)cc(Br)c1OCc1cccnc1. The number of oxime groups is 1. The number of aromatic nitrogens is 1. The highest BCUT2D eigenvalue weighted by molar-refractivity contribution is 9.10.